The Morgan fingerprint density at radius 3 is 2.50 bits per heavy atom. The fraction of sp³-hybridized carbons (Fsp3) is 0.462. The van der Waals surface area contributed by atoms with Crippen LogP contribution in [0.4, 0.5) is 8.78 Å². The molecule has 1 heterocycles. The lowest BCUT2D eigenvalue weighted by molar-refractivity contribution is 0.0200. The van der Waals surface area contributed by atoms with E-state index in [4.69, 9.17) is 10.5 Å². The standard InChI is InChI=1S/C13H15F2NO2/c14-10-2-1-9(7-11(10)15)12(17)13(8-16)3-5-18-6-4-13/h1-2,7H,3-6,8,16H2. The number of benzene rings is 1. The zero-order valence-electron chi connectivity index (χ0n) is 9.92. The Hall–Kier alpha value is -1.33. The normalized spacial score (nSPS) is 18.6. The average Bonchev–Trinajstić information content (AvgIpc) is 2.42. The van der Waals surface area contributed by atoms with Crippen molar-refractivity contribution < 1.29 is 18.3 Å². The Labute approximate surface area is 104 Å². The van der Waals surface area contributed by atoms with Crippen molar-refractivity contribution in [2.75, 3.05) is 19.8 Å². The maximum absolute atomic E-state index is 13.2. The largest absolute Gasteiger partial charge is 0.381 e. The number of ether oxygens (including phenoxy) is 1. The van der Waals surface area contributed by atoms with Gasteiger partial charge in [-0.3, -0.25) is 4.79 Å². The maximum Gasteiger partial charge on any atom is 0.170 e. The van der Waals surface area contributed by atoms with Gasteiger partial charge in [0.15, 0.2) is 17.4 Å². The smallest absolute Gasteiger partial charge is 0.170 e. The van der Waals surface area contributed by atoms with E-state index in [2.05, 4.69) is 0 Å². The predicted octanol–water partition coefficient (Wildman–Crippen LogP) is 1.90. The van der Waals surface area contributed by atoms with Gasteiger partial charge in [-0.2, -0.15) is 0 Å². The number of halogens is 2. The fourth-order valence-electron chi connectivity index (χ4n) is 2.23. The van der Waals surface area contributed by atoms with E-state index in [0.29, 0.717) is 26.1 Å². The molecule has 0 aromatic heterocycles. The number of carbonyl (C=O) groups excluding carboxylic acids is 1. The van der Waals surface area contributed by atoms with Crippen LogP contribution in [0.25, 0.3) is 0 Å². The summed E-state index contributed by atoms with van der Waals surface area (Å²) in [5, 5.41) is 0. The minimum Gasteiger partial charge on any atom is -0.381 e. The molecule has 1 fully saturated rings. The summed E-state index contributed by atoms with van der Waals surface area (Å²) in [5.41, 5.74) is 5.16. The van der Waals surface area contributed by atoms with Crippen molar-refractivity contribution in [3.05, 3.63) is 35.4 Å². The van der Waals surface area contributed by atoms with Crippen molar-refractivity contribution in [2.45, 2.75) is 12.8 Å². The van der Waals surface area contributed by atoms with E-state index in [0.717, 1.165) is 12.1 Å². The van der Waals surface area contributed by atoms with Crippen LogP contribution >= 0.6 is 0 Å². The molecule has 0 unspecified atom stereocenters. The molecule has 5 heteroatoms. The van der Waals surface area contributed by atoms with Crippen molar-refractivity contribution in [3.63, 3.8) is 0 Å². The third kappa shape index (κ3) is 2.28. The molecule has 0 radical (unpaired) electrons. The van der Waals surface area contributed by atoms with Gasteiger partial charge in [-0.15, -0.1) is 0 Å². The summed E-state index contributed by atoms with van der Waals surface area (Å²) in [7, 11) is 0. The van der Waals surface area contributed by atoms with Crippen LogP contribution in [0.2, 0.25) is 0 Å². The van der Waals surface area contributed by atoms with Crippen LogP contribution in [0.15, 0.2) is 18.2 Å². The summed E-state index contributed by atoms with van der Waals surface area (Å²) >= 11 is 0. The first-order valence-corrected chi connectivity index (χ1v) is 5.87. The Balaban J connectivity index is 2.30. The minimum atomic E-state index is -1.01. The van der Waals surface area contributed by atoms with E-state index in [9.17, 15) is 13.6 Å². The van der Waals surface area contributed by atoms with Gasteiger partial charge in [-0.1, -0.05) is 0 Å². The van der Waals surface area contributed by atoms with Crippen LogP contribution in [-0.2, 0) is 4.74 Å². The molecular weight excluding hydrogens is 240 g/mol. The first kappa shape index (κ1) is 13.1. The molecule has 0 saturated carbocycles. The van der Waals surface area contributed by atoms with Crippen LogP contribution in [0.5, 0.6) is 0 Å². The van der Waals surface area contributed by atoms with Crippen molar-refractivity contribution in [1.29, 1.82) is 0 Å². The number of nitrogens with two attached hydrogens (primary N) is 1. The van der Waals surface area contributed by atoms with Gasteiger partial charge >= 0.3 is 0 Å². The van der Waals surface area contributed by atoms with Gasteiger partial charge in [0, 0.05) is 25.3 Å². The Morgan fingerprint density at radius 2 is 1.94 bits per heavy atom. The molecule has 1 saturated heterocycles. The highest BCUT2D eigenvalue weighted by Crippen LogP contribution is 2.33. The molecule has 0 atom stereocenters. The molecule has 0 aliphatic carbocycles. The molecule has 1 aliphatic rings. The molecule has 1 aromatic rings. The van der Waals surface area contributed by atoms with Crippen LogP contribution in [0.3, 0.4) is 0 Å². The third-order valence-electron chi connectivity index (χ3n) is 3.50. The topological polar surface area (TPSA) is 52.3 Å². The van der Waals surface area contributed by atoms with Gasteiger partial charge in [-0.25, -0.2) is 8.78 Å². The molecule has 0 amide bonds. The van der Waals surface area contributed by atoms with Gasteiger partial charge in [-0.05, 0) is 31.0 Å². The molecule has 18 heavy (non-hydrogen) atoms. The van der Waals surface area contributed by atoms with Crippen molar-refractivity contribution in [3.8, 4) is 0 Å². The van der Waals surface area contributed by atoms with E-state index >= 15 is 0 Å². The first-order chi connectivity index (χ1) is 8.59. The molecule has 2 rings (SSSR count). The fourth-order valence-corrected chi connectivity index (χ4v) is 2.23. The number of ketones is 1. The number of Topliss-reactive ketones (excluding diaryl/α,β-unsaturated/α-hetero) is 1. The monoisotopic (exact) mass is 255 g/mol. The molecule has 1 aliphatic heterocycles. The predicted molar refractivity (Wildman–Crippen MR) is 62.2 cm³/mol. The van der Waals surface area contributed by atoms with E-state index in [1.54, 1.807) is 0 Å². The highest BCUT2D eigenvalue weighted by atomic mass is 19.2. The van der Waals surface area contributed by atoms with Gasteiger partial charge < -0.3 is 10.5 Å². The van der Waals surface area contributed by atoms with E-state index in [1.807, 2.05) is 0 Å². The molecule has 2 N–H and O–H groups in total. The van der Waals surface area contributed by atoms with E-state index in [1.165, 1.54) is 6.07 Å². The Morgan fingerprint density at radius 1 is 1.28 bits per heavy atom. The molecule has 3 nitrogen and oxygen atoms in total. The van der Waals surface area contributed by atoms with Crippen molar-refractivity contribution >= 4 is 5.78 Å². The van der Waals surface area contributed by atoms with Gasteiger partial charge in [0.2, 0.25) is 0 Å². The van der Waals surface area contributed by atoms with Gasteiger partial charge in [0.25, 0.3) is 0 Å². The quantitative estimate of drug-likeness (QED) is 0.839. The average molecular weight is 255 g/mol. The molecule has 0 spiro atoms. The van der Waals surface area contributed by atoms with E-state index in [-0.39, 0.29) is 17.9 Å². The van der Waals surface area contributed by atoms with Crippen LogP contribution < -0.4 is 5.73 Å². The van der Waals surface area contributed by atoms with Crippen LogP contribution in [0.1, 0.15) is 23.2 Å². The minimum absolute atomic E-state index is 0.168. The lowest BCUT2D eigenvalue weighted by atomic mass is 9.74. The lowest BCUT2D eigenvalue weighted by Crippen LogP contribution is -2.43. The summed E-state index contributed by atoms with van der Waals surface area (Å²) in [6.45, 7) is 1.12. The first-order valence-electron chi connectivity index (χ1n) is 5.87. The summed E-state index contributed by atoms with van der Waals surface area (Å²) in [6, 6.07) is 3.20. The highest BCUT2D eigenvalue weighted by Gasteiger charge is 2.39. The summed E-state index contributed by atoms with van der Waals surface area (Å²) < 4.78 is 31.2. The second kappa shape index (κ2) is 5.12. The highest BCUT2D eigenvalue weighted by molar-refractivity contribution is 6.00. The SMILES string of the molecule is NCC1(C(=O)c2ccc(F)c(F)c2)CCOCC1. The number of hydrogen-bond acceptors (Lipinski definition) is 3. The zero-order chi connectivity index (χ0) is 13.2. The van der Waals surface area contributed by atoms with Crippen molar-refractivity contribution in [2.24, 2.45) is 11.1 Å². The summed E-state index contributed by atoms with van der Waals surface area (Å²) in [5.74, 6) is -2.20. The van der Waals surface area contributed by atoms with Crippen LogP contribution in [0, 0.1) is 17.0 Å². The second-order valence-corrected chi connectivity index (χ2v) is 4.55. The second-order valence-electron chi connectivity index (χ2n) is 4.55. The van der Waals surface area contributed by atoms with Gasteiger partial charge in [0.1, 0.15) is 0 Å². The number of hydrogen-bond donors (Lipinski definition) is 1. The molecule has 98 valence electrons. The third-order valence-corrected chi connectivity index (χ3v) is 3.50. The Bertz CT molecular complexity index is 456. The molecule has 0 bridgehead atoms. The number of rotatable bonds is 3. The molecule has 1 aromatic carbocycles. The zero-order valence-corrected chi connectivity index (χ0v) is 9.92. The summed E-state index contributed by atoms with van der Waals surface area (Å²) in [6.07, 6.45) is 1.03. The Kier molecular flexibility index (Phi) is 3.73. The van der Waals surface area contributed by atoms with E-state index < -0.39 is 17.0 Å². The van der Waals surface area contributed by atoms with Crippen molar-refractivity contribution in [1.82, 2.24) is 0 Å². The summed E-state index contributed by atoms with van der Waals surface area (Å²) in [4.78, 5) is 12.4. The lowest BCUT2D eigenvalue weighted by Gasteiger charge is -2.34. The number of carbonyl (C=O) groups is 1. The molecular formula is C13H15F2NO2. The maximum atomic E-state index is 13.2. The van der Waals surface area contributed by atoms with Crippen LogP contribution in [-0.4, -0.2) is 25.5 Å². The van der Waals surface area contributed by atoms with Gasteiger partial charge in [0.05, 0.1) is 5.41 Å².